The van der Waals surface area contributed by atoms with Gasteiger partial charge in [0.1, 0.15) is 23.5 Å². The summed E-state index contributed by atoms with van der Waals surface area (Å²) in [4.78, 5) is 40.0. The molecule has 204 valence electrons. The number of benzene rings is 1. The number of carbonyl (C=O) groups is 2. The maximum absolute atomic E-state index is 12.9. The van der Waals surface area contributed by atoms with Crippen molar-refractivity contribution < 1.29 is 18.8 Å². The van der Waals surface area contributed by atoms with Gasteiger partial charge in [0.25, 0.3) is 0 Å². The number of methoxy groups -OCH3 is 1. The topological polar surface area (TPSA) is 126 Å². The van der Waals surface area contributed by atoms with E-state index in [4.69, 9.17) is 9.26 Å². The maximum atomic E-state index is 12.9. The van der Waals surface area contributed by atoms with Crippen molar-refractivity contribution >= 4 is 22.6 Å². The number of fused-ring (bicyclic) bond motifs is 1. The number of pyridine rings is 1. The van der Waals surface area contributed by atoms with Crippen LogP contribution in [0.5, 0.6) is 5.75 Å². The van der Waals surface area contributed by atoms with E-state index < -0.39 is 0 Å². The Bertz CT molecular complexity index is 1440. The van der Waals surface area contributed by atoms with Gasteiger partial charge >= 0.3 is 0 Å². The van der Waals surface area contributed by atoms with Crippen LogP contribution >= 0.6 is 0 Å². The molecule has 0 bridgehead atoms. The summed E-state index contributed by atoms with van der Waals surface area (Å²) in [6.45, 7) is 3.48. The largest absolute Gasteiger partial charge is 0.496 e. The van der Waals surface area contributed by atoms with Crippen molar-refractivity contribution in [1.82, 2.24) is 30.3 Å². The molecule has 5 rings (SSSR count). The van der Waals surface area contributed by atoms with Crippen molar-refractivity contribution in [1.29, 1.82) is 0 Å². The molecule has 0 aliphatic carbocycles. The lowest BCUT2D eigenvalue weighted by Gasteiger charge is -2.35. The molecule has 10 nitrogen and oxygen atoms in total. The Morgan fingerprint density at radius 3 is 2.79 bits per heavy atom. The average Bonchev–Trinajstić information content (AvgIpc) is 3.62. The molecular weight excluding hydrogens is 496 g/mol. The summed E-state index contributed by atoms with van der Waals surface area (Å²) in [6.07, 6.45) is 6.74. The van der Waals surface area contributed by atoms with Gasteiger partial charge < -0.3 is 24.5 Å². The summed E-state index contributed by atoms with van der Waals surface area (Å²) >= 11 is 0. The minimum absolute atomic E-state index is 0.0106. The molecule has 39 heavy (non-hydrogen) atoms. The zero-order valence-electron chi connectivity index (χ0n) is 22.6. The van der Waals surface area contributed by atoms with Crippen LogP contribution in [0.15, 0.2) is 47.3 Å². The molecule has 1 amide bonds. The van der Waals surface area contributed by atoms with Crippen molar-refractivity contribution in [2.45, 2.75) is 45.1 Å². The standard InChI is InChI=1S/C29H34N6O4/c1-18-9-10-19-13-21(27(38-3)14-24(19)31-18)25-15-30-28(32-25)23(33-29(37)20-16-35(2)17-20)7-5-4-6-8-26(36)22-11-12-39-34-22/h9-15,20,23H,4-8,16-17H2,1-3H3,(H,30,32)(H,33,37). The smallest absolute Gasteiger partial charge is 0.226 e. The Morgan fingerprint density at radius 1 is 1.21 bits per heavy atom. The van der Waals surface area contributed by atoms with E-state index in [2.05, 4.69) is 30.3 Å². The van der Waals surface area contributed by atoms with E-state index >= 15 is 0 Å². The van der Waals surface area contributed by atoms with Gasteiger partial charge in [-0.05, 0) is 38.9 Å². The van der Waals surface area contributed by atoms with Gasteiger partial charge in [-0.15, -0.1) is 0 Å². The number of aromatic amines is 1. The molecule has 0 saturated carbocycles. The number of ether oxygens (including phenoxy) is 1. The molecule has 1 saturated heterocycles. The van der Waals surface area contributed by atoms with Gasteiger partial charge in [0.15, 0.2) is 5.78 Å². The van der Waals surface area contributed by atoms with E-state index in [0.717, 1.165) is 60.2 Å². The fourth-order valence-electron chi connectivity index (χ4n) is 5.01. The summed E-state index contributed by atoms with van der Waals surface area (Å²) in [5.41, 5.74) is 3.87. The third kappa shape index (κ3) is 6.17. The number of nitrogens with zero attached hydrogens (tertiary/aromatic N) is 4. The molecule has 3 aromatic heterocycles. The van der Waals surface area contributed by atoms with Crippen LogP contribution in [0.2, 0.25) is 0 Å². The first-order chi connectivity index (χ1) is 18.9. The molecule has 0 radical (unpaired) electrons. The number of likely N-dealkylation sites (tertiary alicyclic amines) is 1. The fraction of sp³-hybridized carbons (Fsp3) is 0.414. The van der Waals surface area contributed by atoms with Crippen LogP contribution < -0.4 is 10.1 Å². The van der Waals surface area contributed by atoms with Gasteiger partial charge in [-0.25, -0.2) is 4.98 Å². The van der Waals surface area contributed by atoms with E-state index in [1.165, 1.54) is 6.26 Å². The number of H-pyrrole nitrogens is 1. The average molecular weight is 531 g/mol. The molecule has 10 heteroatoms. The van der Waals surface area contributed by atoms with Crippen LogP contribution in [0.1, 0.15) is 60.2 Å². The number of imidazole rings is 1. The highest BCUT2D eigenvalue weighted by Gasteiger charge is 2.32. The van der Waals surface area contributed by atoms with Gasteiger partial charge in [-0.1, -0.05) is 24.1 Å². The Morgan fingerprint density at radius 2 is 2.05 bits per heavy atom. The molecule has 4 heterocycles. The summed E-state index contributed by atoms with van der Waals surface area (Å²) < 4.78 is 10.4. The lowest BCUT2D eigenvalue weighted by Crippen LogP contribution is -2.52. The first-order valence-corrected chi connectivity index (χ1v) is 13.3. The second-order valence-corrected chi connectivity index (χ2v) is 10.3. The number of amides is 1. The Hall–Kier alpha value is -4.05. The van der Waals surface area contributed by atoms with Crippen LogP contribution in [0.3, 0.4) is 0 Å². The number of nitrogens with one attached hydrogen (secondary N) is 2. The first kappa shape index (κ1) is 26.6. The number of rotatable bonds is 12. The summed E-state index contributed by atoms with van der Waals surface area (Å²) in [5, 5.41) is 7.93. The lowest BCUT2D eigenvalue weighted by atomic mass is 9.98. The zero-order chi connectivity index (χ0) is 27.4. The monoisotopic (exact) mass is 530 g/mol. The molecule has 1 aromatic carbocycles. The van der Waals surface area contributed by atoms with Crippen molar-refractivity contribution in [2.75, 3.05) is 27.2 Å². The van der Waals surface area contributed by atoms with Crippen LogP contribution in [0.25, 0.3) is 22.2 Å². The van der Waals surface area contributed by atoms with Crippen LogP contribution in [0.4, 0.5) is 0 Å². The first-order valence-electron chi connectivity index (χ1n) is 13.3. The van der Waals surface area contributed by atoms with Crippen LogP contribution in [-0.4, -0.2) is 63.9 Å². The maximum Gasteiger partial charge on any atom is 0.226 e. The molecule has 4 aromatic rings. The number of ketones is 1. The number of hydrogen-bond donors (Lipinski definition) is 2. The van der Waals surface area contributed by atoms with E-state index in [1.807, 2.05) is 38.2 Å². The second kappa shape index (κ2) is 11.8. The molecular formula is C29H34N6O4. The summed E-state index contributed by atoms with van der Waals surface area (Å²) in [5.74, 6) is 1.41. The highest BCUT2D eigenvalue weighted by molar-refractivity contribution is 5.93. The number of carbonyl (C=O) groups excluding carboxylic acids is 2. The molecule has 1 aliphatic rings. The number of aryl methyl sites for hydroxylation is 1. The van der Waals surface area contributed by atoms with Crippen molar-refractivity contribution in [3.63, 3.8) is 0 Å². The van der Waals surface area contributed by atoms with Gasteiger partial charge in [0, 0.05) is 48.3 Å². The Labute approximate surface area is 227 Å². The molecule has 0 spiro atoms. The van der Waals surface area contributed by atoms with Gasteiger partial charge in [0.2, 0.25) is 5.91 Å². The minimum Gasteiger partial charge on any atom is -0.496 e. The third-order valence-electron chi connectivity index (χ3n) is 7.24. The second-order valence-electron chi connectivity index (χ2n) is 10.3. The third-order valence-corrected chi connectivity index (χ3v) is 7.24. The predicted molar refractivity (Wildman–Crippen MR) is 146 cm³/mol. The lowest BCUT2D eigenvalue weighted by molar-refractivity contribution is -0.130. The Balaban J connectivity index is 1.29. The van der Waals surface area contributed by atoms with Gasteiger partial charge in [0.05, 0.1) is 36.5 Å². The van der Waals surface area contributed by atoms with Crippen molar-refractivity contribution in [2.24, 2.45) is 5.92 Å². The quantitative estimate of drug-likeness (QED) is 0.203. The van der Waals surface area contributed by atoms with Gasteiger partial charge in [-0.3, -0.25) is 14.6 Å². The predicted octanol–water partition coefficient (Wildman–Crippen LogP) is 4.48. The van der Waals surface area contributed by atoms with Crippen LogP contribution in [0, 0.1) is 12.8 Å². The number of Topliss-reactive ketones (excluding diaryl/α,β-unsaturated/α-hetero) is 1. The van der Waals surface area contributed by atoms with Crippen molar-refractivity contribution in [3.05, 3.63) is 60.0 Å². The molecule has 1 fully saturated rings. The molecule has 1 unspecified atom stereocenters. The van der Waals surface area contributed by atoms with E-state index in [-0.39, 0.29) is 23.7 Å². The molecule has 1 atom stereocenters. The fourth-order valence-corrected chi connectivity index (χ4v) is 5.01. The van der Waals surface area contributed by atoms with E-state index in [0.29, 0.717) is 30.1 Å². The number of aromatic nitrogens is 4. The van der Waals surface area contributed by atoms with Crippen molar-refractivity contribution in [3.8, 4) is 17.0 Å². The van der Waals surface area contributed by atoms with E-state index in [1.54, 1.807) is 19.4 Å². The highest BCUT2D eigenvalue weighted by atomic mass is 16.5. The van der Waals surface area contributed by atoms with Crippen LogP contribution in [-0.2, 0) is 4.79 Å². The number of hydrogen-bond acceptors (Lipinski definition) is 8. The minimum atomic E-state index is -0.265. The molecule has 1 aliphatic heterocycles. The Kier molecular flexibility index (Phi) is 8.02. The highest BCUT2D eigenvalue weighted by Crippen LogP contribution is 2.34. The zero-order valence-corrected chi connectivity index (χ0v) is 22.6. The van der Waals surface area contributed by atoms with Gasteiger partial charge in [-0.2, -0.15) is 0 Å². The summed E-state index contributed by atoms with van der Waals surface area (Å²) in [6, 6.07) is 9.33. The summed E-state index contributed by atoms with van der Waals surface area (Å²) in [7, 11) is 3.65. The SMILES string of the molecule is COc1cc2nc(C)ccc2cc1-c1cnc(C(CCCCCC(=O)c2ccon2)NC(=O)C2CN(C)C2)[nH]1. The van der Waals surface area contributed by atoms with E-state index in [9.17, 15) is 9.59 Å². The normalized spacial score (nSPS) is 14.7. The number of unbranched alkanes of at least 4 members (excludes halogenated alkanes) is 2. The molecule has 2 N–H and O–H groups in total.